The van der Waals surface area contributed by atoms with Crippen LogP contribution in [0.4, 0.5) is 0 Å². The third kappa shape index (κ3) is 3.11. The summed E-state index contributed by atoms with van der Waals surface area (Å²) in [7, 11) is -1.70. The largest absolute Gasteiger partial charge is 0.317 e. The van der Waals surface area contributed by atoms with E-state index in [4.69, 9.17) is 0 Å². The number of halogens is 1. The molecule has 6 nitrogen and oxygen atoms in total. The molecule has 9 heteroatoms. The summed E-state index contributed by atoms with van der Waals surface area (Å²) in [4.78, 5) is 0. The van der Waals surface area contributed by atoms with Gasteiger partial charge in [-0.25, -0.2) is 13.1 Å². The molecule has 0 spiro atoms. The smallest absolute Gasteiger partial charge is 0.251 e. The van der Waals surface area contributed by atoms with E-state index in [0.29, 0.717) is 10.3 Å². The van der Waals surface area contributed by atoms with Crippen LogP contribution in [0.3, 0.4) is 0 Å². The lowest BCUT2D eigenvalue weighted by atomic mass is 10.2. The zero-order valence-electron chi connectivity index (χ0n) is 11.3. The summed E-state index contributed by atoms with van der Waals surface area (Å²) in [5, 5.41) is 9.81. The molecule has 110 valence electrons. The van der Waals surface area contributed by atoms with Gasteiger partial charge in [-0.05, 0) is 27.4 Å². The second-order valence-corrected chi connectivity index (χ2v) is 8.30. The first-order valence-electron chi connectivity index (χ1n) is 5.93. The van der Waals surface area contributed by atoms with E-state index in [1.807, 2.05) is 25.5 Å². The minimum Gasteiger partial charge on any atom is -0.317 e. The summed E-state index contributed by atoms with van der Waals surface area (Å²) >= 11 is 4.39. The van der Waals surface area contributed by atoms with Crippen LogP contribution >= 0.6 is 27.3 Å². The van der Waals surface area contributed by atoms with Crippen LogP contribution in [0.2, 0.25) is 0 Å². The van der Waals surface area contributed by atoms with Crippen molar-refractivity contribution in [1.29, 1.82) is 0 Å². The van der Waals surface area contributed by atoms with Crippen molar-refractivity contribution in [2.75, 3.05) is 0 Å². The first-order chi connectivity index (χ1) is 9.33. The van der Waals surface area contributed by atoms with E-state index >= 15 is 0 Å². The molecule has 0 unspecified atom stereocenters. The van der Waals surface area contributed by atoms with Crippen LogP contribution in [-0.4, -0.2) is 23.2 Å². The third-order valence-corrected chi connectivity index (χ3v) is 6.84. The number of nitrogens with zero attached hydrogens (tertiary/aromatic N) is 3. The standard InChI is InChI=1S/C11H15BrN4O2S2/c1-7(2)10-15-14-9(16(10)3)6-13-20(17,18)11-8(12)4-5-19-11/h4-5,7,13H,6H2,1-3H3. The van der Waals surface area contributed by atoms with E-state index in [1.165, 1.54) is 11.3 Å². The highest BCUT2D eigenvalue weighted by atomic mass is 79.9. The Labute approximate surface area is 130 Å². The number of aromatic nitrogens is 3. The topological polar surface area (TPSA) is 76.9 Å². The van der Waals surface area contributed by atoms with Crippen molar-refractivity contribution in [2.45, 2.75) is 30.5 Å². The first-order valence-corrected chi connectivity index (χ1v) is 9.09. The molecule has 0 aliphatic rings. The molecule has 0 aromatic carbocycles. The van der Waals surface area contributed by atoms with Gasteiger partial charge in [-0.15, -0.1) is 21.5 Å². The summed E-state index contributed by atoms with van der Waals surface area (Å²) < 4.78 is 29.5. The van der Waals surface area contributed by atoms with Crippen molar-refractivity contribution in [2.24, 2.45) is 7.05 Å². The molecule has 0 fully saturated rings. The van der Waals surface area contributed by atoms with Crippen molar-refractivity contribution < 1.29 is 8.42 Å². The minimum atomic E-state index is -3.53. The van der Waals surface area contributed by atoms with E-state index in [2.05, 4.69) is 30.8 Å². The Balaban J connectivity index is 2.15. The summed E-state index contributed by atoms with van der Waals surface area (Å²) in [6, 6.07) is 1.71. The zero-order valence-corrected chi connectivity index (χ0v) is 14.5. The van der Waals surface area contributed by atoms with Gasteiger partial charge in [0.1, 0.15) is 15.9 Å². The minimum absolute atomic E-state index is 0.114. The van der Waals surface area contributed by atoms with Crippen LogP contribution in [0.25, 0.3) is 0 Å². The second-order valence-electron chi connectivity index (χ2n) is 4.57. The highest BCUT2D eigenvalue weighted by molar-refractivity contribution is 9.10. The maximum atomic E-state index is 12.2. The summed E-state index contributed by atoms with van der Waals surface area (Å²) in [5.74, 6) is 1.66. The maximum absolute atomic E-state index is 12.2. The van der Waals surface area contributed by atoms with Gasteiger partial charge < -0.3 is 4.57 Å². The van der Waals surface area contributed by atoms with E-state index in [9.17, 15) is 8.42 Å². The quantitative estimate of drug-likeness (QED) is 0.865. The number of sulfonamides is 1. The van der Waals surface area contributed by atoms with Gasteiger partial charge >= 0.3 is 0 Å². The Kier molecular flexibility index (Phi) is 4.62. The zero-order chi connectivity index (χ0) is 14.9. The summed E-state index contributed by atoms with van der Waals surface area (Å²) in [6.45, 7) is 4.14. The van der Waals surface area contributed by atoms with Gasteiger partial charge in [-0.3, -0.25) is 0 Å². The number of nitrogens with one attached hydrogen (secondary N) is 1. The predicted octanol–water partition coefficient (Wildman–Crippen LogP) is 2.24. The Hall–Kier alpha value is -0.770. The molecule has 0 saturated heterocycles. The monoisotopic (exact) mass is 378 g/mol. The van der Waals surface area contributed by atoms with Crippen LogP contribution in [0.1, 0.15) is 31.4 Å². The van der Waals surface area contributed by atoms with Gasteiger partial charge in [0.15, 0.2) is 0 Å². The van der Waals surface area contributed by atoms with Crippen LogP contribution in [0.5, 0.6) is 0 Å². The molecule has 2 aromatic heterocycles. The third-order valence-electron chi connectivity index (χ3n) is 2.76. The number of thiophene rings is 1. The van der Waals surface area contributed by atoms with Crippen LogP contribution in [0, 0.1) is 0 Å². The molecular formula is C11H15BrN4O2S2. The van der Waals surface area contributed by atoms with Gasteiger partial charge in [-0.2, -0.15) is 0 Å². The lowest BCUT2D eigenvalue weighted by Crippen LogP contribution is -2.24. The fourth-order valence-electron chi connectivity index (χ4n) is 1.73. The van der Waals surface area contributed by atoms with Crippen molar-refractivity contribution in [3.63, 3.8) is 0 Å². The summed E-state index contributed by atoms with van der Waals surface area (Å²) in [6.07, 6.45) is 0. The van der Waals surface area contributed by atoms with Gasteiger partial charge in [0.2, 0.25) is 0 Å². The fraction of sp³-hybridized carbons (Fsp3) is 0.455. The molecule has 0 bridgehead atoms. The predicted molar refractivity (Wildman–Crippen MR) is 81.1 cm³/mol. The molecule has 20 heavy (non-hydrogen) atoms. The van der Waals surface area contributed by atoms with Gasteiger partial charge in [0.05, 0.1) is 6.54 Å². The fourth-order valence-corrected chi connectivity index (χ4v) is 5.09. The molecule has 2 aromatic rings. The summed E-state index contributed by atoms with van der Waals surface area (Å²) in [5.41, 5.74) is 0. The number of rotatable bonds is 5. The van der Waals surface area contributed by atoms with Crippen LogP contribution in [-0.2, 0) is 23.6 Å². The average Bonchev–Trinajstić information content (AvgIpc) is 2.93. The molecule has 0 amide bonds. The normalized spacial score (nSPS) is 12.2. The second kappa shape index (κ2) is 5.92. The molecule has 0 radical (unpaired) electrons. The van der Waals surface area contributed by atoms with Gasteiger partial charge in [0.25, 0.3) is 10.0 Å². The average molecular weight is 379 g/mol. The molecule has 0 saturated carbocycles. The highest BCUT2D eigenvalue weighted by Crippen LogP contribution is 2.27. The van der Waals surface area contributed by atoms with E-state index in [1.54, 1.807) is 11.4 Å². The Morgan fingerprint density at radius 2 is 2.15 bits per heavy atom. The highest BCUT2D eigenvalue weighted by Gasteiger charge is 2.20. The Morgan fingerprint density at radius 1 is 1.45 bits per heavy atom. The molecule has 2 rings (SSSR count). The van der Waals surface area contributed by atoms with Crippen molar-refractivity contribution in [3.8, 4) is 0 Å². The molecule has 1 N–H and O–H groups in total. The molecule has 2 heterocycles. The van der Waals surface area contributed by atoms with E-state index in [0.717, 1.165) is 5.82 Å². The van der Waals surface area contributed by atoms with E-state index < -0.39 is 10.0 Å². The van der Waals surface area contributed by atoms with Gasteiger partial charge in [-0.1, -0.05) is 13.8 Å². The lowest BCUT2D eigenvalue weighted by Gasteiger charge is -2.07. The molecule has 0 atom stereocenters. The van der Waals surface area contributed by atoms with Crippen molar-refractivity contribution in [1.82, 2.24) is 19.5 Å². The number of hydrogen-bond acceptors (Lipinski definition) is 5. The van der Waals surface area contributed by atoms with Crippen LogP contribution < -0.4 is 4.72 Å². The SMILES string of the molecule is CC(C)c1nnc(CNS(=O)(=O)c2sccc2Br)n1C. The van der Waals surface area contributed by atoms with Crippen molar-refractivity contribution >= 4 is 37.3 Å². The van der Waals surface area contributed by atoms with Crippen LogP contribution in [0.15, 0.2) is 20.1 Å². The van der Waals surface area contributed by atoms with Crippen molar-refractivity contribution in [3.05, 3.63) is 27.6 Å². The molecular weight excluding hydrogens is 364 g/mol. The molecule has 0 aliphatic heterocycles. The Bertz CT molecular complexity index is 706. The molecule has 0 aliphatic carbocycles. The van der Waals surface area contributed by atoms with E-state index in [-0.39, 0.29) is 16.7 Å². The Morgan fingerprint density at radius 3 is 2.65 bits per heavy atom. The van der Waals surface area contributed by atoms with Gasteiger partial charge in [0, 0.05) is 17.4 Å². The lowest BCUT2D eigenvalue weighted by molar-refractivity contribution is 0.578. The number of hydrogen-bond donors (Lipinski definition) is 1. The first kappa shape index (κ1) is 15.6. The maximum Gasteiger partial charge on any atom is 0.251 e.